The van der Waals surface area contributed by atoms with Gasteiger partial charge >= 0.3 is 0 Å². The molecule has 5 nitrogen and oxygen atoms in total. The standard InChI is InChI=1S/C20H13F2N3O2/c1-11-18-14(19(26)23-16-5-3-2-4-15(16)22)10-17(24-20(18)27-25-11)12-6-8-13(21)9-7-12/h2-10H,1H3,(H,23,26). The predicted molar refractivity (Wildman–Crippen MR) is 96.3 cm³/mol. The van der Waals surface area contributed by atoms with Crippen LogP contribution in [0, 0.1) is 18.6 Å². The molecule has 2 aromatic carbocycles. The van der Waals surface area contributed by atoms with Crippen molar-refractivity contribution in [2.24, 2.45) is 0 Å². The normalized spacial score (nSPS) is 10.9. The molecule has 7 heteroatoms. The van der Waals surface area contributed by atoms with E-state index in [0.717, 1.165) is 0 Å². The monoisotopic (exact) mass is 365 g/mol. The molecule has 0 unspecified atom stereocenters. The summed E-state index contributed by atoms with van der Waals surface area (Å²) in [7, 11) is 0. The molecule has 0 fully saturated rings. The zero-order valence-corrected chi connectivity index (χ0v) is 14.2. The van der Waals surface area contributed by atoms with Gasteiger partial charge in [-0.2, -0.15) is 0 Å². The Morgan fingerprint density at radius 2 is 1.81 bits per heavy atom. The summed E-state index contributed by atoms with van der Waals surface area (Å²) in [6.45, 7) is 1.69. The van der Waals surface area contributed by atoms with Gasteiger partial charge in [0.15, 0.2) is 0 Å². The third kappa shape index (κ3) is 3.15. The van der Waals surface area contributed by atoms with Crippen LogP contribution >= 0.6 is 0 Å². The number of carbonyl (C=O) groups excluding carboxylic acids is 1. The number of aromatic nitrogens is 2. The second kappa shape index (κ2) is 6.60. The van der Waals surface area contributed by atoms with Crippen molar-refractivity contribution in [1.82, 2.24) is 10.1 Å². The fraction of sp³-hybridized carbons (Fsp3) is 0.0500. The molecule has 2 aromatic heterocycles. The van der Waals surface area contributed by atoms with Crippen LogP contribution in [0.1, 0.15) is 16.1 Å². The van der Waals surface area contributed by atoms with Crippen LogP contribution in [0.15, 0.2) is 59.1 Å². The first kappa shape index (κ1) is 16.8. The van der Waals surface area contributed by atoms with Gasteiger partial charge in [-0.3, -0.25) is 4.79 Å². The lowest BCUT2D eigenvalue weighted by molar-refractivity contribution is 0.102. The summed E-state index contributed by atoms with van der Waals surface area (Å²) < 4.78 is 32.3. The quantitative estimate of drug-likeness (QED) is 0.570. The van der Waals surface area contributed by atoms with Crippen LogP contribution in [0.2, 0.25) is 0 Å². The second-order valence-corrected chi connectivity index (χ2v) is 5.94. The fourth-order valence-electron chi connectivity index (χ4n) is 2.79. The van der Waals surface area contributed by atoms with Crippen molar-refractivity contribution in [3.63, 3.8) is 0 Å². The van der Waals surface area contributed by atoms with Crippen molar-refractivity contribution in [3.05, 3.63) is 77.5 Å². The van der Waals surface area contributed by atoms with Crippen LogP contribution in [-0.2, 0) is 0 Å². The van der Waals surface area contributed by atoms with Gasteiger partial charge < -0.3 is 9.84 Å². The average molecular weight is 365 g/mol. The van der Waals surface area contributed by atoms with E-state index < -0.39 is 11.7 Å². The molecule has 0 aliphatic heterocycles. The fourth-order valence-corrected chi connectivity index (χ4v) is 2.79. The number of amides is 1. The number of anilines is 1. The number of para-hydroxylation sites is 1. The summed E-state index contributed by atoms with van der Waals surface area (Å²) in [6.07, 6.45) is 0. The Kier molecular flexibility index (Phi) is 4.12. The van der Waals surface area contributed by atoms with Gasteiger partial charge in [0.25, 0.3) is 11.6 Å². The molecule has 2 heterocycles. The summed E-state index contributed by atoms with van der Waals surface area (Å²) >= 11 is 0. The highest BCUT2D eigenvalue weighted by Gasteiger charge is 2.20. The molecule has 0 radical (unpaired) electrons. The van der Waals surface area contributed by atoms with Crippen molar-refractivity contribution < 1.29 is 18.1 Å². The molecule has 1 amide bonds. The lowest BCUT2D eigenvalue weighted by Gasteiger charge is -2.09. The first-order valence-electron chi connectivity index (χ1n) is 8.12. The van der Waals surface area contributed by atoms with E-state index in [4.69, 9.17) is 4.52 Å². The maximum absolute atomic E-state index is 13.9. The Morgan fingerprint density at radius 3 is 2.56 bits per heavy atom. The molecule has 0 spiro atoms. The molecule has 4 aromatic rings. The Hall–Kier alpha value is -3.61. The molecule has 0 atom stereocenters. The summed E-state index contributed by atoms with van der Waals surface area (Å²) in [4.78, 5) is 17.2. The van der Waals surface area contributed by atoms with Gasteiger partial charge in [0.05, 0.1) is 28.0 Å². The third-order valence-corrected chi connectivity index (χ3v) is 4.12. The smallest absolute Gasteiger partial charge is 0.259 e. The first-order valence-corrected chi connectivity index (χ1v) is 8.12. The first-order chi connectivity index (χ1) is 13.0. The number of pyridine rings is 1. The van der Waals surface area contributed by atoms with E-state index in [1.165, 1.54) is 30.3 Å². The number of fused-ring (bicyclic) bond motifs is 1. The molecule has 0 aliphatic rings. The molecule has 27 heavy (non-hydrogen) atoms. The summed E-state index contributed by atoms with van der Waals surface area (Å²) in [5.74, 6) is -1.45. The van der Waals surface area contributed by atoms with Crippen molar-refractivity contribution in [2.45, 2.75) is 6.92 Å². The van der Waals surface area contributed by atoms with Crippen molar-refractivity contribution in [2.75, 3.05) is 5.32 Å². The Morgan fingerprint density at radius 1 is 1.07 bits per heavy atom. The SMILES string of the molecule is Cc1noc2nc(-c3ccc(F)cc3)cc(C(=O)Nc3ccccc3F)c12. The topological polar surface area (TPSA) is 68.0 Å². The number of halogens is 2. The zero-order chi connectivity index (χ0) is 19.0. The summed E-state index contributed by atoms with van der Waals surface area (Å²) in [6, 6.07) is 13.1. The number of hydrogen-bond donors (Lipinski definition) is 1. The van der Waals surface area contributed by atoms with E-state index in [9.17, 15) is 13.6 Å². The second-order valence-electron chi connectivity index (χ2n) is 5.94. The van der Waals surface area contributed by atoms with Gasteiger partial charge in [-0.15, -0.1) is 0 Å². The zero-order valence-electron chi connectivity index (χ0n) is 14.2. The number of carbonyl (C=O) groups is 1. The van der Waals surface area contributed by atoms with E-state index >= 15 is 0 Å². The van der Waals surface area contributed by atoms with Gasteiger partial charge in [0, 0.05) is 5.56 Å². The minimum absolute atomic E-state index is 0.0601. The Labute approximate surface area is 152 Å². The molecule has 0 saturated heterocycles. The van der Waals surface area contributed by atoms with Gasteiger partial charge in [0.1, 0.15) is 11.6 Å². The van der Waals surface area contributed by atoms with E-state index in [0.29, 0.717) is 22.3 Å². The maximum atomic E-state index is 13.9. The highest BCUT2D eigenvalue weighted by molar-refractivity contribution is 6.13. The van der Waals surface area contributed by atoms with Crippen molar-refractivity contribution >= 4 is 22.7 Å². The number of aryl methyl sites for hydroxylation is 1. The molecule has 0 saturated carbocycles. The number of hydrogen-bond acceptors (Lipinski definition) is 4. The van der Waals surface area contributed by atoms with Crippen molar-refractivity contribution in [1.29, 1.82) is 0 Å². The molecule has 1 N–H and O–H groups in total. The molecule has 0 bridgehead atoms. The molecule has 134 valence electrons. The minimum atomic E-state index is -0.544. The Balaban J connectivity index is 1.83. The number of rotatable bonds is 3. The third-order valence-electron chi connectivity index (χ3n) is 4.12. The number of nitrogens with zero attached hydrogens (tertiary/aromatic N) is 2. The number of benzene rings is 2. The predicted octanol–water partition coefficient (Wildman–Crippen LogP) is 4.73. The van der Waals surface area contributed by atoms with Crippen molar-refractivity contribution in [3.8, 4) is 11.3 Å². The van der Waals surface area contributed by atoms with E-state index in [-0.39, 0.29) is 22.8 Å². The minimum Gasteiger partial charge on any atom is -0.335 e. The lowest BCUT2D eigenvalue weighted by Crippen LogP contribution is -2.14. The van der Waals surface area contributed by atoms with Gasteiger partial charge in [-0.05, 0) is 49.4 Å². The maximum Gasteiger partial charge on any atom is 0.259 e. The van der Waals surface area contributed by atoms with E-state index in [1.54, 1.807) is 31.2 Å². The highest BCUT2D eigenvalue weighted by atomic mass is 19.1. The molecular weight excluding hydrogens is 352 g/mol. The Bertz CT molecular complexity index is 1150. The molecular formula is C20H13F2N3O2. The van der Waals surface area contributed by atoms with Crippen LogP contribution in [0.5, 0.6) is 0 Å². The van der Waals surface area contributed by atoms with Gasteiger partial charge in [-0.1, -0.05) is 17.3 Å². The van der Waals surface area contributed by atoms with Crippen LogP contribution in [0.3, 0.4) is 0 Å². The lowest BCUT2D eigenvalue weighted by atomic mass is 10.0. The molecule has 4 rings (SSSR count). The molecule has 0 aliphatic carbocycles. The van der Waals surface area contributed by atoms with Crippen LogP contribution in [0.4, 0.5) is 14.5 Å². The van der Waals surface area contributed by atoms with Gasteiger partial charge in [-0.25, -0.2) is 13.8 Å². The van der Waals surface area contributed by atoms with E-state index in [2.05, 4.69) is 15.5 Å². The van der Waals surface area contributed by atoms with Crippen LogP contribution < -0.4 is 5.32 Å². The van der Waals surface area contributed by atoms with E-state index in [1.807, 2.05) is 0 Å². The summed E-state index contributed by atoms with van der Waals surface area (Å²) in [5.41, 5.74) is 1.98. The number of nitrogens with one attached hydrogen (secondary N) is 1. The highest BCUT2D eigenvalue weighted by Crippen LogP contribution is 2.28. The van der Waals surface area contributed by atoms with Crippen LogP contribution in [0.25, 0.3) is 22.4 Å². The summed E-state index contributed by atoms with van der Waals surface area (Å²) in [5, 5.41) is 6.85. The van der Waals surface area contributed by atoms with Crippen LogP contribution in [-0.4, -0.2) is 16.0 Å². The largest absolute Gasteiger partial charge is 0.335 e. The van der Waals surface area contributed by atoms with Gasteiger partial charge in [0.2, 0.25) is 0 Å². The average Bonchev–Trinajstić information content (AvgIpc) is 3.04.